The fraction of sp³-hybridized carbons (Fsp3) is 0.500. The second-order valence-corrected chi connectivity index (χ2v) is 7.32. The number of likely N-dealkylation sites (tertiary alicyclic amines) is 1. The summed E-state index contributed by atoms with van der Waals surface area (Å²) in [6, 6.07) is 5.29. The average molecular weight is 380 g/mol. The summed E-state index contributed by atoms with van der Waals surface area (Å²) in [5.74, 6) is -0.249. The van der Waals surface area contributed by atoms with Crippen LogP contribution in [0.4, 0.5) is 13.2 Å². The van der Waals surface area contributed by atoms with Crippen molar-refractivity contribution in [1.29, 1.82) is 0 Å². The van der Waals surface area contributed by atoms with Crippen LogP contribution in [0.3, 0.4) is 0 Å². The Bertz CT molecular complexity index is 709. The van der Waals surface area contributed by atoms with Gasteiger partial charge >= 0.3 is 6.18 Å². The molecule has 1 unspecified atom stereocenters. The first-order valence-electron chi connectivity index (χ1n) is 9.17. The molecule has 27 heavy (non-hydrogen) atoms. The van der Waals surface area contributed by atoms with Gasteiger partial charge in [0.25, 0.3) is 0 Å². The molecule has 0 radical (unpaired) electrons. The molecule has 1 aromatic carbocycles. The van der Waals surface area contributed by atoms with E-state index >= 15 is 0 Å². The van der Waals surface area contributed by atoms with Gasteiger partial charge in [0.15, 0.2) is 0 Å². The number of alkyl halides is 3. The summed E-state index contributed by atoms with van der Waals surface area (Å²) in [5, 5.41) is 3.02. The Kier molecular flexibility index (Phi) is 5.58. The molecular weight excluding hydrogens is 357 g/mol. The molecule has 0 spiro atoms. The fourth-order valence-corrected chi connectivity index (χ4v) is 3.79. The summed E-state index contributed by atoms with van der Waals surface area (Å²) in [6.45, 7) is 4.53. The first-order chi connectivity index (χ1) is 12.8. The Morgan fingerprint density at radius 3 is 2.44 bits per heavy atom. The van der Waals surface area contributed by atoms with Gasteiger partial charge in [0.05, 0.1) is 11.5 Å². The number of carbonyl (C=O) groups is 2. The van der Waals surface area contributed by atoms with Crippen molar-refractivity contribution in [2.45, 2.75) is 43.8 Å². The van der Waals surface area contributed by atoms with Gasteiger partial charge in [-0.25, -0.2) is 0 Å². The lowest BCUT2D eigenvalue weighted by atomic mass is 9.75. The van der Waals surface area contributed by atoms with E-state index in [2.05, 4.69) is 11.9 Å². The van der Waals surface area contributed by atoms with Crippen LogP contribution in [0.25, 0.3) is 0 Å². The monoisotopic (exact) mass is 380 g/mol. The number of halogens is 3. The predicted molar refractivity (Wildman–Crippen MR) is 94.9 cm³/mol. The molecule has 1 atom stereocenters. The van der Waals surface area contributed by atoms with Crippen LogP contribution in [0, 0.1) is 5.92 Å². The van der Waals surface area contributed by atoms with E-state index in [0.717, 1.165) is 43.4 Å². The van der Waals surface area contributed by atoms with Crippen molar-refractivity contribution in [3.8, 4) is 0 Å². The molecule has 146 valence electrons. The van der Waals surface area contributed by atoms with Crippen molar-refractivity contribution in [3.05, 3.63) is 48.0 Å². The molecule has 1 heterocycles. The molecule has 2 amide bonds. The number of carbonyl (C=O) groups excluding carboxylic acids is 2. The third kappa shape index (κ3) is 4.51. The second-order valence-electron chi connectivity index (χ2n) is 7.32. The minimum absolute atomic E-state index is 0.0373. The molecule has 0 aromatic heterocycles. The SMILES string of the molecule is C=CC(=O)N1CCCC(C(=O)NC2CC(c3ccc(C(F)(F)F)cc3)C2)C1. The van der Waals surface area contributed by atoms with Crippen LogP contribution in [0.5, 0.6) is 0 Å². The average Bonchev–Trinajstić information content (AvgIpc) is 2.63. The zero-order valence-corrected chi connectivity index (χ0v) is 15.0. The highest BCUT2D eigenvalue weighted by atomic mass is 19.4. The van der Waals surface area contributed by atoms with Crippen molar-refractivity contribution >= 4 is 11.8 Å². The Hall–Kier alpha value is -2.31. The zero-order chi connectivity index (χ0) is 19.6. The Morgan fingerprint density at radius 2 is 1.85 bits per heavy atom. The largest absolute Gasteiger partial charge is 0.416 e. The zero-order valence-electron chi connectivity index (χ0n) is 15.0. The van der Waals surface area contributed by atoms with Gasteiger partial charge in [-0.15, -0.1) is 0 Å². The van der Waals surface area contributed by atoms with Gasteiger partial charge in [0.2, 0.25) is 11.8 Å². The Balaban J connectivity index is 1.48. The maximum Gasteiger partial charge on any atom is 0.416 e. The van der Waals surface area contributed by atoms with Crippen molar-refractivity contribution in [2.24, 2.45) is 5.92 Å². The van der Waals surface area contributed by atoms with Crippen LogP contribution >= 0.6 is 0 Å². The lowest BCUT2D eigenvalue weighted by Gasteiger charge is -2.38. The molecule has 2 fully saturated rings. The first-order valence-corrected chi connectivity index (χ1v) is 9.17. The number of benzene rings is 1. The molecule has 1 saturated heterocycles. The summed E-state index contributed by atoms with van der Waals surface area (Å²) in [7, 11) is 0. The van der Waals surface area contributed by atoms with Crippen molar-refractivity contribution in [2.75, 3.05) is 13.1 Å². The van der Waals surface area contributed by atoms with Crippen molar-refractivity contribution in [1.82, 2.24) is 10.2 Å². The molecule has 0 bridgehead atoms. The Labute approximate surface area is 156 Å². The van der Waals surface area contributed by atoms with Crippen LogP contribution in [0.15, 0.2) is 36.9 Å². The van der Waals surface area contributed by atoms with Crippen molar-refractivity contribution in [3.63, 3.8) is 0 Å². The van der Waals surface area contributed by atoms with E-state index in [1.165, 1.54) is 18.2 Å². The highest BCUT2D eigenvalue weighted by molar-refractivity contribution is 5.88. The van der Waals surface area contributed by atoms with E-state index < -0.39 is 11.7 Å². The molecule has 1 aliphatic heterocycles. The fourth-order valence-electron chi connectivity index (χ4n) is 3.79. The Morgan fingerprint density at radius 1 is 1.19 bits per heavy atom. The number of amides is 2. The number of rotatable bonds is 4. The third-order valence-corrected chi connectivity index (χ3v) is 5.47. The van der Waals surface area contributed by atoms with E-state index in [-0.39, 0.29) is 29.7 Å². The van der Waals surface area contributed by atoms with E-state index in [0.29, 0.717) is 13.1 Å². The van der Waals surface area contributed by atoms with Gasteiger partial charge in [0, 0.05) is 19.1 Å². The van der Waals surface area contributed by atoms with Gasteiger partial charge in [-0.1, -0.05) is 18.7 Å². The highest BCUT2D eigenvalue weighted by Gasteiger charge is 2.35. The van der Waals surface area contributed by atoms with E-state index in [4.69, 9.17) is 0 Å². The first kappa shape index (κ1) is 19.5. The summed E-state index contributed by atoms with van der Waals surface area (Å²) < 4.78 is 37.9. The lowest BCUT2D eigenvalue weighted by molar-refractivity contribution is -0.137. The summed E-state index contributed by atoms with van der Waals surface area (Å²) >= 11 is 0. The summed E-state index contributed by atoms with van der Waals surface area (Å²) in [6.07, 6.45) is -0.0764. The molecule has 1 N–H and O–H groups in total. The van der Waals surface area contributed by atoms with Crippen LogP contribution in [0.1, 0.15) is 42.7 Å². The smallest absolute Gasteiger partial charge is 0.353 e. The standard InChI is InChI=1S/C20H23F3N2O2/c1-2-18(26)25-9-3-4-14(12-25)19(27)24-17-10-15(11-17)13-5-7-16(8-6-13)20(21,22)23/h2,5-8,14-15,17H,1,3-4,9-12H2,(H,24,27). The molecule has 2 aliphatic rings. The summed E-state index contributed by atoms with van der Waals surface area (Å²) in [4.78, 5) is 25.8. The molecule has 1 aromatic rings. The highest BCUT2D eigenvalue weighted by Crippen LogP contribution is 2.38. The van der Waals surface area contributed by atoms with Gasteiger partial charge < -0.3 is 10.2 Å². The minimum atomic E-state index is -4.32. The normalized spacial score (nSPS) is 25.4. The van der Waals surface area contributed by atoms with E-state index in [1.54, 1.807) is 4.90 Å². The number of piperidine rings is 1. The molecular formula is C20H23F3N2O2. The topological polar surface area (TPSA) is 49.4 Å². The number of hydrogen-bond acceptors (Lipinski definition) is 2. The molecule has 7 heteroatoms. The minimum Gasteiger partial charge on any atom is -0.353 e. The van der Waals surface area contributed by atoms with Crippen LogP contribution in [-0.4, -0.2) is 35.8 Å². The maximum absolute atomic E-state index is 12.6. The molecule has 4 nitrogen and oxygen atoms in total. The van der Waals surface area contributed by atoms with Gasteiger partial charge in [-0.05, 0) is 55.4 Å². The van der Waals surface area contributed by atoms with Crippen molar-refractivity contribution < 1.29 is 22.8 Å². The van der Waals surface area contributed by atoms with Crippen LogP contribution in [-0.2, 0) is 15.8 Å². The maximum atomic E-state index is 12.6. The van der Waals surface area contributed by atoms with Gasteiger partial charge in [-0.2, -0.15) is 13.2 Å². The molecule has 3 rings (SSSR count). The van der Waals surface area contributed by atoms with Gasteiger partial charge in [0.1, 0.15) is 0 Å². The van der Waals surface area contributed by atoms with Crippen LogP contribution in [0.2, 0.25) is 0 Å². The molecule has 1 saturated carbocycles. The quantitative estimate of drug-likeness (QED) is 0.813. The predicted octanol–water partition coefficient (Wildman–Crippen LogP) is 3.49. The third-order valence-electron chi connectivity index (χ3n) is 5.47. The number of hydrogen-bond donors (Lipinski definition) is 1. The van der Waals surface area contributed by atoms with E-state index in [1.807, 2.05) is 0 Å². The lowest BCUT2D eigenvalue weighted by Crippen LogP contribution is -2.50. The van der Waals surface area contributed by atoms with E-state index in [9.17, 15) is 22.8 Å². The number of nitrogens with zero attached hydrogens (tertiary/aromatic N) is 1. The summed E-state index contributed by atoms with van der Waals surface area (Å²) in [5.41, 5.74) is 0.222. The van der Waals surface area contributed by atoms with Crippen LogP contribution < -0.4 is 5.32 Å². The second kappa shape index (κ2) is 7.74. The van der Waals surface area contributed by atoms with Gasteiger partial charge in [-0.3, -0.25) is 9.59 Å². The molecule has 1 aliphatic carbocycles. The number of nitrogens with one attached hydrogen (secondary N) is 1.